The summed E-state index contributed by atoms with van der Waals surface area (Å²) in [4.78, 5) is 12.7. The molecule has 0 aliphatic carbocycles. The predicted molar refractivity (Wildman–Crippen MR) is 85.8 cm³/mol. The van der Waals surface area contributed by atoms with Gasteiger partial charge in [0.1, 0.15) is 11.6 Å². The van der Waals surface area contributed by atoms with Gasteiger partial charge in [-0.15, -0.1) is 0 Å². The Morgan fingerprint density at radius 1 is 1.00 bits per heavy atom. The minimum Gasteiger partial charge on any atom is -0.481 e. The summed E-state index contributed by atoms with van der Waals surface area (Å²) in [5, 5.41) is 0. The number of aryl methyl sites for hydroxylation is 1. The van der Waals surface area contributed by atoms with Crippen molar-refractivity contribution >= 4 is 0 Å². The fraction of sp³-hybridized carbons (Fsp3) is 0.167. The molecule has 1 aromatic carbocycles. The summed E-state index contributed by atoms with van der Waals surface area (Å²) in [7, 11) is 1.55. The van der Waals surface area contributed by atoms with E-state index in [1.54, 1.807) is 31.8 Å². The van der Waals surface area contributed by atoms with Gasteiger partial charge in [-0.1, -0.05) is 12.1 Å². The third kappa shape index (κ3) is 3.51. The van der Waals surface area contributed by atoms with Crippen LogP contribution in [-0.4, -0.2) is 22.1 Å². The summed E-state index contributed by atoms with van der Waals surface area (Å²) in [6.45, 7) is 1.85. The Balaban J connectivity index is 1.97. The SMILES string of the molecule is COc1ncc(Cc2cnc(C)nc2)cc1-c1cccc(F)c1. The third-order valence-electron chi connectivity index (χ3n) is 3.48. The third-order valence-corrected chi connectivity index (χ3v) is 3.48. The van der Waals surface area contributed by atoms with Crippen LogP contribution < -0.4 is 4.74 Å². The lowest BCUT2D eigenvalue weighted by Gasteiger charge is -2.10. The van der Waals surface area contributed by atoms with Crippen molar-refractivity contribution in [2.24, 2.45) is 0 Å². The number of ether oxygens (including phenoxy) is 1. The Kier molecular flexibility index (Phi) is 4.28. The van der Waals surface area contributed by atoms with Gasteiger partial charge in [0.05, 0.1) is 7.11 Å². The Morgan fingerprint density at radius 3 is 2.43 bits per heavy atom. The first-order valence-corrected chi connectivity index (χ1v) is 7.22. The molecule has 0 aliphatic rings. The van der Waals surface area contributed by atoms with Crippen LogP contribution in [0.4, 0.5) is 4.39 Å². The van der Waals surface area contributed by atoms with Gasteiger partial charge in [-0.25, -0.2) is 19.3 Å². The van der Waals surface area contributed by atoms with E-state index in [0.717, 1.165) is 28.1 Å². The average molecular weight is 309 g/mol. The number of benzene rings is 1. The molecule has 0 N–H and O–H groups in total. The van der Waals surface area contributed by atoms with Crippen molar-refractivity contribution in [2.45, 2.75) is 13.3 Å². The molecule has 2 heterocycles. The number of hydrogen-bond acceptors (Lipinski definition) is 4. The van der Waals surface area contributed by atoms with Crippen LogP contribution in [0.3, 0.4) is 0 Å². The molecule has 0 spiro atoms. The quantitative estimate of drug-likeness (QED) is 0.739. The second-order valence-electron chi connectivity index (χ2n) is 5.23. The maximum atomic E-state index is 13.5. The summed E-state index contributed by atoms with van der Waals surface area (Å²) in [6.07, 6.45) is 6.00. The number of rotatable bonds is 4. The second-order valence-corrected chi connectivity index (χ2v) is 5.23. The molecule has 0 saturated heterocycles. The Hall–Kier alpha value is -2.82. The van der Waals surface area contributed by atoms with E-state index in [1.807, 2.05) is 19.1 Å². The molecule has 3 aromatic rings. The van der Waals surface area contributed by atoms with E-state index < -0.39 is 0 Å². The molecule has 2 aromatic heterocycles. The zero-order valence-corrected chi connectivity index (χ0v) is 13.0. The van der Waals surface area contributed by atoms with Crippen LogP contribution in [-0.2, 0) is 6.42 Å². The summed E-state index contributed by atoms with van der Waals surface area (Å²) in [6, 6.07) is 8.35. The van der Waals surface area contributed by atoms with Gasteiger partial charge in [0.25, 0.3) is 0 Å². The van der Waals surface area contributed by atoms with Gasteiger partial charge in [-0.05, 0) is 41.8 Å². The number of pyridine rings is 1. The van der Waals surface area contributed by atoms with Crippen molar-refractivity contribution in [2.75, 3.05) is 7.11 Å². The average Bonchev–Trinajstić information content (AvgIpc) is 2.57. The van der Waals surface area contributed by atoms with Crippen LogP contribution in [0.15, 0.2) is 48.9 Å². The molecule has 0 amide bonds. The molecular weight excluding hydrogens is 293 g/mol. The molecule has 0 atom stereocenters. The van der Waals surface area contributed by atoms with E-state index in [1.165, 1.54) is 12.1 Å². The van der Waals surface area contributed by atoms with E-state index >= 15 is 0 Å². The number of halogens is 1. The van der Waals surface area contributed by atoms with E-state index in [4.69, 9.17) is 4.74 Å². The van der Waals surface area contributed by atoms with Crippen molar-refractivity contribution in [1.29, 1.82) is 0 Å². The molecule has 3 rings (SSSR count). The first kappa shape index (κ1) is 15.1. The summed E-state index contributed by atoms with van der Waals surface area (Å²) in [5.41, 5.74) is 3.47. The zero-order valence-electron chi connectivity index (χ0n) is 13.0. The highest BCUT2D eigenvalue weighted by molar-refractivity contribution is 5.69. The normalized spacial score (nSPS) is 10.6. The largest absolute Gasteiger partial charge is 0.481 e. The molecule has 23 heavy (non-hydrogen) atoms. The monoisotopic (exact) mass is 309 g/mol. The lowest BCUT2D eigenvalue weighted by atomic mass is 10.0. The summed E-state index contributed by atoms with van der Waals surface area (Å²) >= 11 is 0. The fourth-order valence-electron chi connectivity index (χ4n) is 2.36. The van der Waals surface area contributed by atoms with Crippen molar-refractivity contribution < 1.29 is 9.13 Å². The highest BCUT2D eigenvalue weighted by Crippen LogP contribution is 2.29. The molecule has 116 valence electrons. The van der Waals surface area contributed by atoms with Gasteiger partial charge in [-0.3, -0.25) is 0 Å². The maximum Gasteiger partial charge on any atom is 0.221 e. The number of aromatic nitrogens is 3. The highest BCUT2D eigenvalue weighted by atomic mass is 19.1. The van der Waals surface area contributed by atoms with Crippen molar-refractivity contribution in [1.82, 2.24) is 15.0 Å². The van der Waals surface area contributed by atoms with E-state index in [2.05, 4.69) is 15.0 Å². The zero-order chi connectivity index (χ0) is 16.2. The van der Waals surface area contributed by atoms with Crippen LogP contribution in [0.25, 0.3) is 11.1 Å². The number of methoxy groups -OCH3 is 1. The van der Waals surface area contributed by atoms with Crippen molar-refractivity contribution in [3.05, 3.63) is 71.7 Å². The van der Waals surface area contributed by atoms with Crippen LogP contribution >= 0.6 is 0 Å². The highest BCUT2D eigenvalue weighted by Gasteiger charge is 2.10. The number of hydrogen-bond donors (Lipinski definition) is 0. The smallest absolute Gasteiger partial charge is 0.221 e. The molecular formula is C18H16FN3O. The van der Waals surface area contributed by atoms with Crippen LogP contribution in [0.1, 0.15) is 17.0 Å². The summed E-state index contributed by atoms with van der Waals surface area (Å²) < 4.78 is 18.8. The van der Waals surface area contributed by atoms with Crippen molar-refractivity contribution in [3.8, 4) is 17.0 Å². The first-order chi connectivity index (χ1) is 11.2. The molecule has 0 bridgehead atoms. The van der Waals surface area contributed by atoms with Gasteiger partial charge < -0.3 is 4.74 Å². The topological polar surface area (TPSA) is 47.9 Å². The van der Waals surface area contributed by atoms with Gasteiger partial charge >= 0.3 is 0 Å². The Labute approximate surface area is 134 Å². The maximum absolute atomic E-state index is 13.5. The van der Waals surface area contributed by atoms with Gasteiger partial charge in [-0.2, -0.15) is 0 Å². The molecule has 0 aliphatic heterocycles. The van der Waals surface area contributed by atoms with Crippen molar-refractivity contribution in [3.63, 3.8) is 0 Å². The van der Waals surface area contributed by atoms with Gasteiger partial charge in [0.2, 0.25) is 5.88 Å². The first-order valence-electron chi connectivity index (χ1n) is 7.22. The number of nitrogens with zero attached hydrogens (tertiary/aromatic N) is 3. The molecule has 0 radical (unpaired) electrons. The lowest BCUT2D eigenvalue weighted by Crippen LogP contribution is -1.97. The molecule has 4 nitrogen and oxygen atoms in total. The minimum atomic E-state index is -0.290. The van der Waals surface area contributed by atoms with E-state index in [-0.39, 0.29) is 5.82 Å². The second kappa shape index (κ2) is 6.52. The van der Waals surface area contributed by atoms with Crippen LogP contribution in [0.2, 0.25) is 0 Å². The van der Waals surface area contributed by atoms with E-state index in [9.17, 15) is 4.39 Å². The lowest BCUT2D eigenvalue weighted by molar-refractivity contribution is 0.399. The minimum absolute atomic E-state index is 0.290. The fourth-order valence-corrected chi connectivity index (χ4v) is 2.36. The molecule has 0 saturated carbocycles. The Bertz CT molecular complexity index is 819. The molecule has 5 heteroatoms. The summed E-state index contributed by atoms with van der Waals surface area (Å²) in [5.74, 6) is 0.920. The van der Waals surface area contributed by atoms with Gasteiger partial charge in [0, 0.05) is 30.6 Å². The standard InChI is InChI=1S/C18H16FN3O/c1-12-20-10-14(11-21-12)6-13-7-17(18(23-2)22-9-13)15-4-3-5-16(19)8-15/h3-5,7-11H,6H2,1-2H3. The molecule has 0 unspecified atom stereocenters. The molecule has 0 fully saturated rings. The Morgan fingerprint density at radius 2 is 1.74 bits per heavy atom. The van der Waals surface area contributed by atoms with Crippen LogP contribution in [0.5, 0.6) is 5.88 Å². The van der Waals surface area contributed by atoms with E-state index in [0.29, 0.717) is 12.3 Å². The van der Waals surface area contributed by atoms with Gasteiger partial charge in [0.15, 0.2) is 0 Å². The predicted octanol–water partition coefficient (Wildman–Crippen LogP) is 3.59. The van der Waals surface area contributed by atoms with Crippen LogP contribution in [0, 0.1) is 12.7 Å².